The average Bonchev–Trinajstić information content (AvgIpc) is 3.23. The number of nitrogens with zero attached hydrogens (tertiary/aromatic N) is 5. The fourth-order valence-electron chi connectivity index (χ4n) is 3.45. The SMILES string of the molecule is CC(C)ON=C(C(=O)NC1C(=O)N2C(C(=O)O)=C(C[n+]3ccccc3)CS[C@@H]12)c1nsc(N)n1. The Labute approximate surface area is 202 Å². The minimum absolute atomic E-state index is 0.0196. The van der Waals surface area contributed by atoms with Crippen LogP contribution in [0.25, 0.3) is 0 Å². The van der Waals surface area contributed by atoms with Gasteiger partial charge in [0.1, 0.15) is 23.2 Å². The van der Waals surface area contributed by atoms with E-state index >= 15 is 0 Å². The Morgan fingerprint density at radius 3 is 2.74 bits per heavy atom. The first-order valence-electron chi connectivity index (χ1n) is 10.2. The second-order valence-corrected chi connectivity index (χ2v) is 9.60. The van der Waals surface area contributed by atoms with Crippen molar-refractivity contribution in [1.82, 2.24) is 19.6 Å². The monoisotopic (exact) mass is 504 g/mol. The molecule has 0 aromatic carbocycles. The van der Waals surface area contributed by atoms with Gasteiger partial charge in [-0.25, -0.2) is 9.36 Å². The van der Waals surface area contributed by atoms with Crippen molar-refractivity contribution in [2.24, 2.45) is 5.16 Å². The van der Waals surface area contributed by atoms with Crippen molar-refractivity contribution >= 4 is 51.9 Å². The highest BCUT2D eigenvalue weighted by Gasteiger charge is 2.54. The van der Waals surface area contributed by atoms with Crippen LogP contribution in [0.3, 0.4) is 0 Å². The molecule has 4 rings (SSSR count). The highest BCUT2D eigenvalue weighted by atomic mass is 32.2. The maximum atomic E-state index is 13.0. The second kappa shape index (κ2) is 9.77. The number of nitrogens with one attached hydrogen (secondary N) is 1. The first kappa shape index (κ1) is 23.6. The molecule has 1 fully saturated rings. The van der Waals surface area contributed by atoms with Gasteiger partial charge in [-0.1, -0.05) is 11.2 Å². The molecule has 34 heavy (non-hydrogen) atoms. The quantitative estimate of drug-likeness (QED) is 0.194. The third-order valence-corrected chi connectivity index (χ3v) is 6.79. The Morgan fingerprint density at radius 1 is 1.38 bits per heavy atom. The zero-order valence-electron chi connectivity index (χ0n) is 18.2. The Hall–Kier alpha value is -3.52. The van der Waals surface area contributed by atoms with E-state index in [4.69, 9.17) is 10.6 Å². The summed E-state index contributed by atoms with van der Waals surface area (Å²) in [5.41, 5.74) is 5.96. The van der Waals surface area contributed by atoms with E-state index in [1.165, 1.54) is 16.7 Å². The largest absolute Gasteiger partial charge is 0.477 e. The van der Waals surface area contributed by atoms with Crippen LogP contribution < -0.4 is 15.6 Å². The predicted octanol–water partition coefficient (Wildman–Crippen LogP) is -0.0243. The molecule has 1 saturated heterocycles. The number of hydrogen-bond donors (Lipinski definition) is 3. The molecule has 178 valence electrons. The Balaban J connectivity index is 1.53. The van der Waals surface area contributed by atoms with Crippen LogP contribution in [0.5, 0.6) is 0 Å². The normalized spacial score (nSPS) is 20.1. The smallest absolute Gasteiger partial charge is 0.352 e. The summed E-state index contributed by atoms with van der Waals surface area (Å²) in [5, 5.41) is 15.9. The summed E-state index contributed by atoms with van der Waals surface area (Å²) in [7, 11) is 0. The van der Waals surface area contributed by atoms with Crippen LogP contribution in [-0.4, -0.2) is 66.1 Å². The van der Waals surface area contributed by atoms with E-state index in [-0.39, 0.29) is 28.5 Å². The highest BCUT2D eigenvalue weighted by Crippen LogP contribution is 2.40. The molecule has 2 aliphatic rings. The van der Waals surface area contributed by atoms with Gasteiger partial charge < -0.3 is 21.0 Å². The number of carboxylic acid groups (broad SMARTS) is 1. The number of rotatable bonds is 8. The highest BCUT2D eigenvalue weighted by molar-refractivity contribution is 8.00. The van der Waals surface area contributed by atoms with Crippen LogP contribution in [0.2, 0.25) is 0 Å². The van der Waals surface area contributed by atoms with Gasteiger partial charge in [0.2, 0.25) is 11.5 Å². The zero-order valence-corrected chi connectivity index (χ0v) is 19.9. The Kier molecular flexibility index (Phi) is 6.79. The van der Waals surface area contributed by atoms with Gasteiger partial charge in [-0.3, -0.25) is 14.5 Å². The first-order valence-corrected chi connectivity index (χ1v) is 12.1. The predicted molar refractivity (Wildman–Crippen MR) is 123 cm³/mol. The molecule has 2 aromatic heterocycles. The molecule has 14 heteroatoms. The lowest BCUT2D eigenvalue weighted by Crippen LogP contribution is -2.71. The molecule has 0 radical (unpaired) electrons. The van der Waals surface area contributed by atoms with Crippen LogP contribution in [0, 0.1) is 0 Å². The molecular weight excluding hydrogens is 482 g/mol. The maximum absolute atomic E-state index is 13.0. The summed E-state index contributed by atoms with van der Waals surface area (Å²) >= 11 is 2.27. The number of oxime groups is 1. The van der Waals surface area contributed by atoms with E-state index in [0.717, 1.165) is 11.5 Å². The van der Waals surface area contributed by atoms with Gasteiger partial charge in [-0.2, -0.15) is 9.36 Å². The van der Waals surface area contributed by atoms with E-state index in [2.05, 4.69) is 19.8 Å². The molecule has 0 saturated carbocycles. The number of carbonyl (C=O) groups excluding carboxylic acids is 2. The molecule has 2 amide bonds. The molecule has 2 atom stereocenters. The number of nitrogens with two attached hydrogens (primary N) is 1. The van der Waals surface area contributed by atoms with Gasteiger partial charge in [0.25, 0.3) is 11.8 Å². The minimum Gasteiger partial charge on any atom is -0.477 e. The lowest BCUT2D eigenvalue weighted by molar-refractivity contribution is -0.689. The molecular formula is C20H22N7O5S2+. The lowest BCUT2D eigenvalue weighted by atomic mass is 10.0. The minimum atomic E-state index is -1.19. The van der Waals surface area contributed by atoms with Crippen LogP contribution in [0.4, 0.5) is 5.13 Å². The number of nitrogen functional groups attached to an aromatic ring is 1. The number of carbonyl (C=O) groups is 3. The van der Waals surface area contributed by atoms with Crippen molar-refractivity contribution < 1.29 is 28.9 Å². The van der Waals surface area contributed by atoms with E-state index in [0.29, 0.717) is 17.9 Å². The third-order valence-electron chi connectivity index (χ3n) is 4.91. The van der Waals surface area contributed by atoms with Crippen LogP contribution in [0.1, 0.15) is 19.7 Å². The topological polar surface area (TPSA) is 164 Å². The average molecular weight is 505 g/mol. The molecule has 2 aromatic rings. The second-order valence-electron chi connectivity index (χ2n) is 7.72. The molecule has 4 heterocycles. The number of carboxylic acids is 1. The van der Waals surface area contributed by atoms with Crippen molar-refractivity contribution in [2.45, 2.75) is 37.9 Å². The van der Waals surface area contributed by atoms with Gasteiger partial charge in [0, 0.05) is 35.0 Å². The number of β-lactam (4-membered cyclic amide) rings is 1. The molecule has 0 bridgehead atoms. The van der Waals surface area contributed by atoms with Crippen LogP contribution >= 0.6 is 23.3 Å². The molecule has 12 nitrogen and oxygen atoms in total. The molecule has 0 aliphatic carbocycles. The molecule has 0 spiro atoms. The number of thioether (sulfide) groups is 1. The summed E-state index contributed by atoms with van der Waals surface area (Å²) in [4.78, 5) is 48.3. The zero-order chi connectivity index (χ0) is 24.4. The summed E-state index contributed by atoms with van der Waals surface area (Å²) in [5.74, 6) is -2.05. The van der Waals surface area contributed by atoms with E-state index in [9.17, 15) is 19.5 Å². The lowest BCUT2D eigenvalue weighted by Gasteiger charge is -2.49. The van der Waals surface area contributed by atoms with Crippen LogP contribution in [-0.2, 0) is 25.8 Å². The van der Waals surface area contributed by atoms with Gasteiger partial charge in [-0.15, -0.1) is 11.8 Å². The Morgan fingerprint density at radius 2 is 2.12 bits per heavy atom. The Bertz CT molecular complexity index is 1180. The number of hydrogen-bond acceptors (Lipinski definition) is 10. The van der Waals surface area contributed by atoms with Gasteiger partial charge in [0.15, 0.2) is 24.1 Å². The number of pyridine rings is 1. The molecule has 2 aliphatic heterocycles. The van der Waals surface area contributed by atoms with E-state index in [1.54, 1.807) is 13.8 Å². The molecule has 4 N–H and O–H groups in total. The first-order chi connectivity index (χ1) is 16.3. The van der Waals surface area contributed by atoms with Crippen molar-refractivity contribution in [2.75, 3.05) is 11.5 Å². The van der Waals surface area contributed by atoms with Crippen LogP contribution in [0.15, 0.2) is 47.0 Å². The van der Waals surface area contributed by atoms with Crippen molar-refractivity contribution in [1.29, 1.82) is 0 Å². The standard InChI is InChI=1S/C20H21N7O5S2/c1-10(2)32-24-12(15-23-20(21)34-25-15)16(28)22-13-17(29)27-14(19(30)31)11(9-33-18(13)27)8-26-6-4-3-5-7-26/h3-7,10,13,18H,8-9H2,1-2H3,(H3-,21,22,23,25,28,30,31)/p+1/t13?,18-/m0/s1. The fraction of sp³-hybridized carbons (Fsp3) is 0.350. The van der Waals surface area contributed by atoms with Crippen molar-refractivity contribution in [3.63, 3.8) is 0 Å². The van der Waals surface area contributed by atoms with E-state index in [1.807, 2.05) is 35.2 Å². The number of aromatic nitrogens is 3. The summed E-state index contributed by atoms with van der Waals surface area (Å²) in [6.45, 7) is 3.81. The van der Waals surface area contributed by atoms with Gasteiger partial charge in [0.05, 0.1) is 0 Å². The third kappa shape index (κ3) is 4.72. The summed E-state index contributed by atoms with van der Waals surface area (Å²) < 4.78 is 5.84. The summed E-state index contributed by atoms with van der Waals surface area (Å²) in [6.07, 6.45) is 3.34. The van der Waals surface area contributed by atoms with E-state index < -0.39 is 29.2 Å². The number of aliphatic carboxylic acids is 1. The van der Waals surface area contributed by atoms with Crippen molar-refractivity contribution in [3.05, 3.63) is 47.7 Å². The van der Waals surface area contributed by atoms with Gasteiger partial charge in [-0.05, 0) is 13.8 Å². The number of fused-ring (bicyclic) bond motifs is 1. The summed E-state index contributed by atoms with van der Waals surface area (Å²) in [6, 6.07) is 4.61. The van der Waals surface area contributed by atoms with Crippen molar-refractivity contribution in [3.8, 4) is 0 Å². The van der Waals surface area contributed by atoms with Gasteiger partial charge >= 0.3 is 5.97 Å². The maximum Gasteiger partial charge on any atom is 0.352 e. The number of anilines is 1. The fourth-order valence-corrected chi connectivity index (χ4v) is 5.22. The number of amides is 2. The molecule has 1 unspecified atom stereocenters.